The van der Waals surface area contributed by atoms with Gasteiger partial charge < -0.3 is 19.7 Å². The molecule has 144 valence electrons. The largest absolute Gasteiger partial charge is 0.459 e. The van der Waals surface area contributed by atoms with Crippen LogP contribution in [0.25, 0.3) is 0 Å². The van der Waals surface area contributed by atoms with Crippen molar-refractivity contribution >= 4 is 5.91 Å². The number of benzene rings is 1. The molecule has 2 heterocycles. The molecule has 1 aromatic carbocycles. The van der Waals surface area contributed by atoms with Crippen LogP contribution >= 0.6 is 0 Å². The van der Waals surface area contributed by atoms with Gasteiger partial charge in [-0.25, -0.2) is 0 Å². The molecule has 0 unspecified atom stereocenters. The Morgan fingerprint density at radius 1 is 1.00 bits per heavy atom. The number of aliphatic hydroxyl groups is 1. The van der Waals surface area contributed by atoms with Crippen molar-refractivity contribution in [1.82, 2.24) is 10.2 Å². The van der Waals surface area contributed by atoms with Crippen molar-refractivity contribution in [2.45, 2.75) is 56.2 Å². The van der Waals surface area contributed by atoms with E-state index < -0.39 is 5.60 Å². The lowest BCUT2D eigenvalue weighted by molar-refractivity contribution is -0.0102. The monoisotopic (exact) mass is 368 g/mol. The third-order valence-corrected chi connectivity index (χ3v) is 6.11. The summed E-state index contributed by atoms with van der Waals surface area (Å²) in [5.74, 6) is 0.415. The van der Waals surface area contributed by atoms with E-state index in [1.54, 1.807) is 18.4 Å². The number of rotatable bonds is 4. The molecule has 1 aliphatic carbocycles. The summed E-state index contributed by atoms with van der Waals surface area (Å²) in [6.07, 6.45) is 7.03. The van der Waals surface area contributed by atoms with Crippen molar-refractivity contribution in [2.24, 2.45) is 0 Å². The molecule has 0 radical (unpaired) electrons. The minimum absolute atomic E-state index is 0.0101. The number of carbonyl (C=O) groups is 1. The molecule has 1 aliphatic heterocycles. The maximum Gasteiger partial charge on any atom is 0.289 e. The summed E-state index contributed by atoms with van der Waals surface area (Å²) in [6, 6.07) is 14.4. The Balaban J connectivity index is 1.24. The van der Waals surface area contributed by atoms with Crippen molar-refractivity contribution in [1.29, 1.82) is 0 Å². The first-order chi connectivity index (χ1) is 13.1. The predicted octanol–water partition coefficient (Wildman–Crippen LogP) is 3.30. The van der Waals surface area contributed by atoms with Gasteiger partial charge in [-0.15, -0.1) is 0 Å². The van der Waals surface area contributed by atoms with Gasteiger partial charge >= 0.3 is 0 Å². The molecule has 27 heavy (non-hydrogen) atoms. The van der Waals surface area contributed by atoms with Gasteiger partial charge in [0.25, 0.3) is 5.91 Å². The molecular weight excluding hydrogens is 340 g/mol. The Morgan fingerprint density at radius 2 is 1.67 bits per heavy atom. The molecule has 0 bridgehead atoms. The average molecular weight is 368 g/mol. The van der Waals surface area contributed by atoms with Crippen LogP contribution in [0.3, 0.4) is 0 Å². The summed E-state index contributed by atoms with van der Waals surface area (Å²) in [7, 11) is 0. The smallest absolute Gasteiger partial charge is 0.289 e. The van der Waals surface area contributed by atoms with Gasteiger partial charge in [-0.05, 0) is 56.2 Å². The summed E-state index contributed by atoms with van der Waals surface area (Å²) >= 11 is 0. The summed E-state index contributed by atoms with van der Waals surface area (Å²) in [4.78, 5) is 14.2. The van der Waals surface area contributed by atoms with Crippen LogP contribution in [0.15, 0.2) is 53.1 Å². The SMILES string of the molecule is O=C(c1ccco1)N1CCC(NC2CCC(O)(c3ccccc3)CC2)CC1. The fourth-order valence-electron chi connectivity index (χ4n) is 4.44. The predicted molar refractivity (Wildman–Crippen MR) is 103 cm³/mol. The van der Waals surface area contributed by atoms with E-state index >= 15 is 0 Å². The Hall–Kier alpha value is -2.11. The summed E-state index contributed by atoms with van der Waals surface area (Å²) in [6.45, 7) is 1.52. The van der Waals surface area contributed by atoms with Crippen LogP contribution < -0.4 is 5.32 Å². The first-order valence-corrected chi connectivity index (χ1v) is 10.0. The summed E-state index contributed by atoms with van der Waals surface area (Å²) < 4.78 is 5.22. The number of furan rings is 1. The van der Waals surface area contributed by atoms with E-state index in [1.165, 1.54) is 0 Å². The number of hydrogen-bond acceptors (Lipinski definition) is 4. The molecule has 2 N–H and O–H groups in total. The first kappa shape index (κ1) is 18.3. The van der Waals surface area contributed by atoms with Crippen LogP contribution in [0.5, 0.6) is 0 Å². The van der Waals surface area contributed by atoms with E-state index in [0.717, 1.165) is 57.2 Å². The van der Waals surface area contributed by atoms with E-state index in [9.17, 15) is 9.90 Å². The zero-order valence-corrected chi connectivity index (χ0v) is 15.6. The normalized spacial score (nSPS) is 26.9. The van der Waals surface area contributed by atoms with Crippen molar-refractivity contribution in [3.05, 3.63) is 60.1 Å². The van der Waals surface area contributed by atoms with Crippen molar-refractivity contribution in [3.63, 3.8) is 0 Å². The van der Waals surface area contributed by atoms with Crippen LogP contribution in [0.4, 0.5) is 0 Å². The minimum Gasteiger partial charge on any atom is -0.459 e. The molecule has 4 rings (SSSR count). The number of likely N-dealkylation sites (tertiary alicyclic amines) is 1. The third-order valence-electron chi connectivity index (χ3n) is 6.11. The van der Waals surface area contributed by atoms with E-state index in [-0.39, 0.29) is 5.91 Å². The lowest BCUT2D eigenvalue weighted by atomic mass is 9.77. The van der Waals surface area contributed by atoms with E-state index in [0.29, 0.717) is 17.8 Å². The van der Waals surface area contributed by atoms with E-state index in [4.69, 9.17) is 4.42 Å². The van der Waals surface area contributed by atoms with Gasteiger partial charge in [-0.2, -0.15) is 0 Å². The Morgan fingerprint density at radius 3 is 2.30 bits per heavy atom. The third kappa shape index (κ3) is 4.09. The number of nitrogens with zero attached hydrogens (tertiary/aromatic N) is 1. The Labute approximate surface area is 160 Å². The number of carbonyl (C=O) groups excluding carboxylic acids is 1. The molecule has 1 aromatic heterocycles. The molecule has 1 amide bonds. The molecule has 1 saturated carbocycles. The molecule has 5 nitrogen and oxygen atoms in total. The Kier molecular flexibility index (Phi) is 5.32. The van der Waals surface area contributed by atoms with Gasteiger partial charge in [0.05, 0.1) is 11.9 Å². The standard InChI is InChI=1S/C22H28N2O3/c25-21(20-7-4-16-27-20)24-14-10-19(11-15-24)23-18-8-12-22(26,13-9-18)17-5-2-1-3-6-17/h1-7,16,18-19,23,26H,8-15H2. The highest BCUT2D eigenvalue weighted by molar-refractivity contribution is 5.91. The molecule has 2 aromatic rings. The van der Waals surface area contributed by atoms with Crippen LogP contribution in [0, 0.1) is 0 Å². The van der Waals surface area contributed by atoms with Crippen LogP contribution in [0.2, 0.25) is 0 Å². The van der Waals surface area contributed by atoms with E-state index in [2.05, 4.69) is 5.32 Å². The number of hydrogen-bond donors (Lipinski definition) is 2. The zero-order chi connectivity index (χ0) is 18.7. The molecule has 2 fully saturated rings. The maximum absolute atomic E-state index is 12.3. The lowest BCUT2D eigenvalue weighted by Crippen LogP contribution is -2.49. The van der Waals surface area contributed by atoms with Crippen LogP contribution in [-0.2, 0) is 5.60 Å². The first-order valence-electron chi connectivity index (χ1n) is 10.0. The lowest BCUT2D eigenvalue weighted by Gasteiger charge is -2.40. The number of nitrogens with one attached hydrogen (secondary N) is 1. The van der Waals surface area contributed by atoms with Crippen LogP contribution in [0.1, 0.15) is 54.6 Å². The highest BCUT2D eigenvalue weighted by Gasteiger charge is 2.35. The Bertz CT molecular complexity index is 728. The van der Waals surface area contributed by atoms with Gasteiger partial charge in [0, 0.05) is 25.2 Å². The fraction of sp³-hybridized carbons (Fsp3) is 0.500. The van der Waals surface area contributed by atoms with Gasteiger partial charge in [0.1, 0.15) is 0 Å². The number of amides is 1. The zero-order valence-electron chi connectivity index (χ0n) is 15.6. The quantitative estimate of drug-likeness (QED) is 0.869. The van der Waals surface area contributed by atoms with Gasteiger partial charge in [0.15, 0.2) is 5.76 Å². The van der Waals surface area contributed by atoms with Crippen molar-refractivity contribution in [3.8, 4) is 0 Å². The summed E-state index contributed by atoms with van der Waals surface area (Å²) in [5.41, 5.74) is 0.353. The second-order valence-corrected chi connectivity index (χ2v) is 7.88. The minimum atomic E-state index is -0.682. The van der Waals surface area contributed by atoms with Gasteiger partial charge in [-0.3, -0.25) is 4.79 Å². The average Bonchev–Trinajstić information content (AvgIpc) is 3.25. The van der Waals surface area contributed by atoms with E-state index in [1.807, 2.05) is 35.2 Å². The molecule has 0 atom stereocenters. The molecule has 1 saturated heterocycles. The molecule has 0 spiro atoms. The van der Waals surface area contributed by atoms with Crippen molar-refractivity contribution < 1.29 is 14.3 Å². The highest BCUT2D eigenvalue weighted by atomic mass is 16.3. The van der Waals surface area contributed by atoms with Crippen LogP contribution in [-0.4, -0.2) is 41.1 Å². The van der Waals surface area contributed by atoms with Crippen molar-refractivity contribution in [2.75, 3.05) is 13.1 Å². The molecule has 5 heteroatoms. The van der Waals surface area contributed by atoms with Gasteiger partial charge in [0.2, 0.25) is 0 Å². The number of piperidine rings is 1. The van der Waals surface area contributed by atoms with Gasteiger partial charge in [-0.1, -0.05) is 30.3 Å². The molecule has 2 aliphatic rings. The second-order valence-electron chi connectivity index (χ2n) is 7.88. The highest BCUT2D eigenvalue weighted by Crippen LogP contribution is 2.37. The maximum atomic E-state index is 12.3. The molecular formula is C22H28N2O3. The second kappa shape index (κ2) is 7.87. The summed E-state index contributed by atoms with van der Waals surface area (Å²) in [5, 5.41) is 14.7. The topological polar surface area (TPSA) is 65.7 Å². The fourth-order valence-corrected chi connectivity index (χ4v) is 4.44.